The molecule has 1 aromatic heterocycles. The fourth-order valence-corrected chi connectivity index (χ4v) is 1.79. The normalized spacial score (nSPS) is 9.95. The van der Waals surface area contributed by atoms with E-state index in [2.05, 4.69) is 21.8 Å². The first kappa shape index (κ1) is 11.4. The molecule has 0 atom stereocenters. The summed E-state index contributed by atoms with van der Waals surface area (Å²) in [6, 6.07) is 11.9. The van der Waals surface area contributed by atoms with Crippen LogP contribution in [0.3, 0.4) is 0 Å². The second-order valence-corrected chi connectivity index (χ2v) is 4.02. The van der Waals surface area contributed by atoms with Crippen molar-refractivity contribution in [1.82, 2.24) is 9.97 Å². The molecule has 19 heavy (non-hydrogen) atoms. The number of aromatic nitrogens is 2. The minimum absolute atomic E-state index is 0.261. The molecule has 0 bridgehead atoms. The topological polar surface area (TPSA) is 25.8 Å². The van der Waals surface area contributed by atoms with Gasteiger partial charge in [0, 0.05) is 17.1 Å². The summed E-state index contributed by atoms with van der Waals surface area (Å²) in [6.07, 6.45) is 3.26. The molecule has 0 aliphatic carbocycles. The monoisotopic (exact) mass is 248 g/mol. The van der Waals surface area contributed by atoms with Crippen molar-refractivity contribution in [2.24, 2.45) is 0 Å². The van der Waals surface area contributed by atoms with Crippen molar-refractivity contribution in [3.05, 3.63) is 71.9 Å². The van der Waals surface area contributed by atoms with Crippen molar-refractivity contribution in [2.45, 2.75) is 0 Å². The van der Waals surface area contributed by atoms with Crippen molar-refractivity contribution in [2.75, 3.05) is 0 Å². The van der Waals surface area contributed by atoms with E-state index in [1.165, 1.54) is 18.5 Å². The Kier molecular flexibility index (Phi) is 2.91. The van der Waals surface area contributed by atoms with Crippen molar-refractivity contribution in [3.8, 4) is 11.8 Å². The Labute approximate surface area is 110 Å². The van der Waals surface area contributed by atoms with E-state index >= 15 is 0 Å². The highest BCUT2D eigenvalue weighted by atomic mass is 19.1. The van der Waals surface area contributed by atoms with Gasteiger partial charge in [-0.3, -0.25) is 0 Å². The standard InChI is InChI=1S/C16H9FN2/c17-15-8-5-12(6-9-15)4-7-13-2-1-3-14-10-18-11-19-16(13)14/h1-3,5-6,8-11H. The maximum Gasteiger partial charge on any atom is 0.123 e. The number of nitrogens with zero attached hydrogens (tertiary/aromatic N) is 2. The molecule has 3 rings (SSSR count). The van der Waals surface area contributed by atoms with E-state index in [0.29, 0.717) is 0 Å². The average Bonchev–Trinajstić information content (AvgIpc) is 2.47. The van der Waals surface area contributed by atoms with E-state index in [1.54, 1.807) is 18.3 Å². The fourth-order valence-electron chi connectivity index (χ4n) is 1.79. The van der Waals surface area contributed by atoms with Gasteiger partial charge in [0.1, 0.15) is 12.1 Å². The van der Waals surface area contributed by atoms with Crippen molar-refractivity contribution in [3.63, 3.8) is 0 Å². The molecule has 2 nitrogen and oxygen atoms in total. The summed E-state index contributed by atoms with van der Waals surface area (Å²) in [7, 11) is 0. The van der Waals surface area contributed by atoms with E-state index in [1.807, 2.05) is 18.2 Å². The lowest BCUT2D eigenvalue weighted by atomic mass is 10.1. The molecule has 0 saturated carbocycles. The van der Waals surface area contributed by atoms with Crippen LogP contribution in [0.25, 0.3) is 10.9 Å². The van der Waals surface area contributed by atoms with Crippen LogP contribution >= 0.6 is 0 Å². The van der Waals surface area contributed by atoms with Crippen LogP contribution in [-0.2, 0) is 0 Å². The molecule has 0 aliphatic rings. The van der Waals surface area contributed by atoms with Crippen LogP contribution in [0.5, 0.6) is 0 Å². The zero-order valence-corrected chi connectivity index (χ0v) is 9.97. The highest BCUT2D eigenvalue weighted by Gasteiger charge is 1.98. The van der Waals surface area contributed by atoms with Crippen LogP contribution in [-0.4, -0.2) is 9.97 Å². The number of hydrogen-bond donors (Lipinski definition) is 0. The molecule has 3 heteroatoms. The lowest BCUT2D eigenvalue weighted by molar-refractivity contribution is 0.627. The second kappa shape index (κ2) is 4.87. The lowest BCUT2D eigenvalue weighted by Crippen LogP contribution is -1.85. The maximum atomic E-state index is 12.8. The molecule has 2 aromatic carbocycles. The molecule has 0 amide bonds. The minimum Gasteiger partial charge on any atom is -0.244 e. The highest BCUT2D eigenvalue weighted by molar-refractivity contribution is 5.83. The van der Waals surface area contributed by atoms with E-state index in [-0.39, 0.29) is 5.82 Å². The van der Waals surface area contributed by atoms with Crippen LogP contribution in [0, 0.1) is 17.7 Å². The molecule has 1 heterocycles. The maximum absolute atomic E-state index is 12.8. The molecule has 0 radical (unpaired) electrons. The quantitative estimate of drug-likeness (QED) is 0.571. The first-order chi connectivity index (χ1) is 9.33. The van der Waals surface area contributed by atoms with Gasteiger partial charge in [0.05, 0.1) is 11.1 Å². The van der Waals surface area contributed by atoms with Gasteiger partial charge in [0.15, 0.2) is 0 Å². The van der Waals surface area contributed by atoms with Gasteiger partial charge in [0.25, 0.3) is 0 Å². The Bertz CT molecular complexity index is 778. The SMILES string of the molecule is Fc1ccc(C#Cc2cccc3cncnc23)cc1. The average molecular weight is 248 g/mol. The number of halogens is 1. The number of fused-ring (bicyclic) bond motifs is 1. The van der Waals surface area contributed by atoms with Crippen LogP contribution in [0.4, 0.5) is 4.39 Å². The molecule has 0 N–H and O–H groups in total. The molecule has 3 aromatic rings. The summed E-state index contributed by atoms with van der Waals surface area (Å²) in [5.41, 5.74) is 2.43. The third-order valence-electron chi connectivity index (χ3n) is 2.72. The van der Waals surface area contributed by atoms with E-state index < -0.39 is 0 Å². The third kappa shape index (κ3) is 2.43. The van der Waals surface area contributed by atoms with Gasteiger partial charge >= 0.3 is 0 Å². The summed E-state index contributed by atoms with van der Waals surface area (Å²) in [5.74, 6) is 5.80. The van der Waals surface area contributed by atoms with E-state index in [9.17, 15) is 4.39 Å². The molecule has 0 fully saturated rings. The lowest BCUT2D eigenvalue weighted by Gasteiger charge is -1.97. The van der Waals surface area contributed by atoms with Gasteiger partial charge in [-0.25, -0.2) is 14.4 Å². The summed E-state index contributed by atoms with van der Waals surface area (Å²) >= 11 is 0. The molecule has 0 saturated heterocycles. The second-order valence-electron chi connectivity index (χ2n) is 4.02. The largest absolute Gasteiger partial charge is 0.244 e. The molecular formula is C16H9FN2. The smallest absolute Gasteiger partial charge is 0.123 e. The van der Waals surface area contributed by atoms with Crippen LogP contribution in [0.2, 0.25) is 0 Å². The summed E-state index contributed by atoms with van der Waals surface area (Å²) in [5, 5.41) is 0.952. The van der Waals surface area contributed by atoms with Crippen molar-refractivity contribution >= 4 is 10.9 Å². The molecule has 90 valence electrons. The highest BCUT2D eigenvalue weighted by Crippen LogP contribution is 2.13. The van der Waals surface area contributed by atoms with E-state index in [4.69, 9.17) is 0 Å². The zero-order valence-electron chi connectivity index (χ0n) is 9.97. The third-order valence-corrected chi connectivity index (χ3v) is 2.72. The Morgan fingerprint density at radius 2 is 1.79 bits per heavy atom. The number of rotatable bonds is 0. The summed E-state index contributed by atoms with van der Waals surface area (Å²) in [4.78, 5) is 8.21. The summed E-state index contributed by atoms with van der Waals surface area (Å²) < 4.78 is 12.8. The van der Waals surface area contributed by atoms with Gasteiger partial charge in [-0.1, -0.05) is 24.0 Å². The number of benzene rings is 2. The molecule has 0 spiro atoms. The van der Waals surface area contributed by atoms with Crippen LogP contribution in [0.1, 0.15) is 11.1 Å². The van der Waals surface area contributed by atoms with Crippen molar-refractivity contribution < 1.29 is 4.39 Å². The Hall–Kier alpha value is -2.73. The van der Waals surface area contributed by atoms with Gasteiger partial charge in [-0.15, -0.1) is 0 Å². The Morgan fingerprint density at radius 1 is 0.947 bits per heavy atom. The van der Waals surface area contributed by atoms with Crippen molar-refractivity contribution in [1.29, 1.82) is 0 Å². The minimum atomic E-state index is -0.261. The van der Waals surface area contributed by atoms with Gasteiger partial charge in [-0.05, 0) is 30.3 Å². The Morgan fingerprint density at radius 3 is 2.63 bits per heavy atom. The predicted molar refractivity (Wildman–Crippen MR) is 71.9 cm³/mol. The van der Waals surface area contributed by atoms with Crippen LogP contribution in [0.15, 0.2) is 55.0 Å². The van der Waals surface area contributed by atoms with E-state index in [0.717, 1.165) is 22.0 Å². The van der Waals surface area contributed by atoms with Crippen LogP contribution < -0.4 is 0 Å². The number of hydrogen-bond acceptors (Lipinski definition) is 2. The van der Waals surface area contributed by atoms with Gasteiger partial charge in [0.2, 0.25) is 0 Å². The Balaban J connectivity index is 2.05. The van der Waals surface area contributed by atoms with Gasteiger partial charge in [-0.2, -0.15) is 0 Å². The molecule has 0 unspecified atom stereocenters. The number of para-hydroxylation sites is 1. The fraction of sp³-hybridized carbons (Fsp3) is 0. The van der Waals surface area contributed by atoms with Gasteiger partial charge < -0.3 is 0 Å². The summed E-state index contributed by atoms with van der Waals surface area (Å²) in [6.45, 7) is 0. The predicted octanol–water partition coefficient (Wildman–Crippen LogP) is 3.17. The first-order valence-electron chi connectivity index (χ1n) is 5.79. The zero-order chi connectivity index (χ0) is 13.1. The first-order valence-corrected chi connectivity index (χ1v) is 5.79. The molecule has 0 aliphatic heterocycles. The molecular weight excluding hydrogens is 239 g/mol.